The first kappa shape index (κ1) is 16.3. The van der Waals surface area contributed by atoms with Crippen LogP contribution in [0.4, 0.5) is 0 Å². The first-order valence-corrected chi connectivity index (χ1v) is 9.58. The maximum absolute atomic E-state index is 12.7. The van der Waals surface area contributed by atoms with Gasteiger partial charge in [0.15, 0.2) is 0 Å². The summed E-state index contributed by atoms with van der Waals surface area (Å²) in [6.07, 6.45) is 5.10. The average molecular weight is 355 g/mol. The largest absolute Gasteiger partial charge is 0.348 e. The maximum atomic E-state index is 12.7. The van der Waals surface area contributed by atoms with Gasteiger partial charge in [-0.1, -0.05) is 32.8 Å². The van der Waals surface area contributed by atoms with Gasteiger partial charge in [-0.15, -0.1) is 11.3 Å². The number of rotatable bonds is 2. The predicted octanol–water partition coefficient (Wildman–Crippen LogP) is 3.46. The molecule has 3 aromatic heterocycles. The van der Waals surface area contributed by atoms with Crippen molar-refractivity contribution in [1.29, 1.82) is 0 Å². The highest BCUT2D eigenvalue weighted by atomic mass is 32.1. The fraction of sp³-hybridized carbons (Fsp3) is 0.421. The van der Waals surface area contributed by atoms with Crippen LogP contribution < -0.4 is 10.9 Å². The summed E-state index contributed by atoms with van der Waals surface area (Å²) >= 11 is 1.29. The number of carbonyl (C=O) groups is 1. The summed E-state index contributed by atoms with van der Waals surface area (Å²) < 4.78 is 1.52. The second-order valence-electron chi connectivity index (χ2n) is 7.02. The van der Waals surface area contributed by atoms with Crippen molar-refractivity contribution >= 4 is 33.1 Å². The Morgan fingerprint density at radius 3 is 3.00 bits per heavy atom. The number of nitrogens with one attached hydrogen (secondary N) is 1. The molecular formula is C19H21N3O2S. The molecule has 0 spiro atoms. The molecule has 1 aliphatic carbocycles. The van der Waals surface area contributed by atoms with Gasteiger partial charge in [0.05, 0.1) is 10.3 Å². The standard InChI is InChI=1S/C19H21N3O2S/c1-11-6-5-7-14(12(11)2)20-17(23)15-10-13-18(25-15)21-16-8-3-4-9-22(16)19(13)24/h3-4,8-12,14H,5-7H2,1-2H3,(H,20,23)/t11-,12-,14-/m1/s1. The fourth-order valence-corrected chi connectivity index (χ4v) is 4.62. The lowest BCUT2D eigenvalue weighted by molar-refractivity contribution is 0.0895. The van der Waals surface area contributed by atoms with Gasteiger partial charge in [-0.05, 0) is 36.5 Å². The van der Waals surface area contributed by atoms with E-state index in [1.54, 1.807) is 24.4 Å². The van der Waals surface area contributed by atoms with Crippen LogP contribution in [-0.4, -0.2) is 21.3 Å². The van der Waals surface area contributed by atoms with Crippen molar-refractivity contribution in [1.82, 2.24) is 14.7 Å². The van der Waals surface area contributed by atoms with Crippen LogP contribution in [0.25, 0.3) is 15.9 Å². The first-order valence-electron chi connectivity index (χ1n) is 8.76. The van der Waals surface area contributed by atoms with Crippen LogP contribution in [0.15, 0.2) is 35.3 Å². The van der Waals surface area contributed by atoms with Gasteiger partial charge in [0.25, 0.3) is 11.5 Å². The topological polar surface area (TPSA) is 63.5 Å². The molecule has 25 heavy (non-hydrogen) atoms. The third-order valence-electron chi connectivity index (χ3n) is 5.46. The Morgan fingerprint density at radius 2 is 2.16 bits per heavy atom. The lowest BCUT2D eigenvalue weighted by Crippen LogP contribution is -2.43. The molecule has 1 aliphatic rings. The summed E-state index contributed by atoms with van der Waals surface area (Å²) in [6.45, 7) is 4.46. The fourth-order valence-electron chi connectivity index (χ4n) is 3.69. The molecule has 5 nitrogen and oxygen atoms in total. The van der Waals surface area contributed by atoms with Crippen molar-refractivity contribution in [3.05, 3.63) is 45.7 Å². The third-order valence-corrected chi connectivity index (χ3v) is 6.49. The average Bonchev–Trinajstić information content (AvgIpc) is 3.04. The van der Waals surface area contributed by atoms with Crippen molar-refractivity contribution < 1.29 is 4.79 Å². The minimum Gasteiger partial charge on any atom is -0.348 e. The second-order valence-corrected chi connectivity index (χ2v) is 8.05. The maximum Gasteiger partial charge on any atom is 0.266 e. The van der Waals surface area contributed by atoms with E-state index in [1.165, 1.54) is 22.2 Å². The number of carbonyl (C=O) groups excluding carboxylic acids is 1. The summed E-state index contributed by atoms with van der Waals surface area (Å²) in [4.78, 5) is 31.0. The normalized spacial score (nSPS) is 23.8. The lowest BCUT2D eigenvalue weighted by atomic mass is 9.78. The van der Waals surface area contributed by atoms with E-state index >= 15 is 0 Å². The van der Waals surface area contributed by atoms with Gasteiger partial charge in [-0.2, -0.15) is 0 Å². The third kappa shape index (κ3) is 2.84. The zero-order chi connectivity index (χ0) is 17.6. The number of hydrogen-bond acceptors (Lipinski definition) is 4. The van der Waals surface area contributed by atoms with Crippen LogP contribution in [-0.2, 0) is 0 Å². The van der Waals surface area contributed by atoms with E-state index in [9.17, 15) is 9.59 Å². The summed E-state index contributed by atoms with van der Waals surface area (Å²) in [7, 11) is 0. The molecule has 130 valence electrons. The summed E-state index contributed by atoms with van der Waals surface area (Å²) in [5, 5.41) is 3.68. The zero-order valence-electron chi connectivity index (χ0n) is 14.4. The highest BCUT2D eigenvalue weighted by molar-refractivity contribution is 7.20. The zero-order valence-corrected chi connectivity index (χ0v) is 15.2. The first-order chi connectivity index (χ1) is 12.0. The van der Waals surface area contributed by atoms with Gasteiger partial charge >= 0.3 is 0 Å². The smallest absolute Gasteiger partial charge is 0.266 e. The van der Waals surface area contributed by atoms with Crippen LogP contribution in [0.2, 0.25) is 0 Å². The number of aromatic nitrogens is 2. The van der Waals surface area contributed by atoms with E-state index in [0.29, 0.717) is 32.6 Å². The molecule has 3 aromatic rings. The molecule has 1 N–H and O–H groups in total. The number of hydrogen-bond donors (Lipinski definition) is 1. The number of amides is 1. The molecule has 6 heteroatoms. The minimum atomic E-state index is -0.129. The number of thiophene rings is 1. The van der Waals surface area contributed by atoms with Crippen LogP contribution in [0, 0.1) is 11.8 Å². The molecule has 0 aromatic carbocycles. The molecule has 3 atom stereocenters. The Morgan fingerprint density at radius 1 is 1.32 bits per heavy atom. The molecule has 0 radical (unpaired) electrons. The summed E-state index contributed by atoms with van der Waals surface area (Å²) in [5.41, 5.74) is 0.471. The molecule has 3 heterocycles. The van der Waals surface area contributed by atoms with Gasteiger partial charge < -0.3 is 5.32 Å². The monoisotopic (exact) mass is 355 g/mol. The number of pyridine rings is 1. The molecule has 0 unspecified atom stereocenters. The second kappa shape index (κ2) is 6.26. The highest BCUT2D eigenvalue weighted by Crippen LogP contribution is 2.30. The van der Waals surface area contributed by atoms with Crippen molar-refractivity contribution in [3.8, 4) is 0 Å². The minimum absolute atomic E-state index is 0.0950. The van der Waals surface area contributed by atoms with E-state index in [-0.39, 0.29) is 17.5 Å². The predicted molar refractivity (Wildman–Crippen MR) is 100 cm³/mol. The van der Waals surface area contributed by atoms with Crippen LogP contribution in [0.5, 0.6) is 0 Å². The number of fused-ring (bicyclic) bond motifs is 2. The molecular weight excluding hydrogens is 334 g/mol. The van der Waals surface area contributed by atoms with E-state index in [4.69, 9.17) is 0 Å². The van der Waals surface area contributed by atoms with Gasteiger partial charge in [0.2, 0.25) is 0 Å². The Labute approximate surface area is 149 Å². The Bertz CT molecular complexity index is 1010. The molecule has 0 bridgehead atoms. The molecule has 1 saturated carbocycles. The van der Waals surface area contributed by atoms with Crippen LogP contribution >= 0.6 is 11.3 Å². The van der Waals surface area contributed by atoms with Gasteiger partial charge in [-0.25, -0.2) is 4.98 Å². The van der Waals surface area contributed by atoms with Gasteiger partial charge in [0.1, 0.15) is 10.5 Å². The van der Waals surface area contributed by atoms with E-state index < -0.39 is 0 Å². The molecule has 1 fully saturated rings. The van der Waals surface area contributed by atoms with Crippen LogP contribution in [0.1, 0.15) is 42.8 Å². The SMILES string of the molecule is C[C@@H]1[C@H](C)CCC[C@H]1NC(=O)c1cc2c(=O)n3ccccc3nc2s1. The highest BCUT2D eigenvalue weighted by Gasteiger charge is 2.29. The summed E-state index contributed by atoms with van der Waals surface area (Å²) in [6, 6.07) is 7.33. The summed E-state index contributed by atoms with van der Waals surface area (Å²) in [5.74, 6) is 0.999. The Hall–Kier alpha value is -2.21. The van der Waals surface area contributed by atoms with Crippen LogP contribution in [0.3, 0.4) is 0 Å². The van der Waals surface area contributed by atoms with E-state index in [1.807, 2.05) is 6.07 Å². The lowest BCUT2D eigenvalue weighted by Gasteiger charge is -2.34. The Balaban J connectivity index is 1.67. The molecule has 4 rings (SSSR count). The van der Waals surface area contributed by atoms with Gasteiger partial charge in [0, 0.05) is 12.2 Å². The van der Waals surface area contributed by atoms with Gasteiger partial charge in [-0.3, -0.25) is 14.0 Å². The quantitative estimate of drug-likeness (QED) is 0.766. The molecule has 0 aliphatic heterocycles. The molecule has 1 amide bonds. The van der Waals surface area contributed by atoms with Crippen molar-refractivity contribution in [3.63, 3.8) is 0 Å². The molecule has 0 saturated heterocycles. The van der Waals surface area contributed by atoms with E-state index in [0.717, 1.165) is 12.8 Å². The number of nitrogens with zero attached hydrogens (tertiary/aromatic N) is 2. The van der Waals surface area contributed by atoms with Crippen molar-refractivity contribution in [2.24, 2.45) is 11.8 Å². The Kier molecular flexibility index (Phi) is 4.07. The van der Waals surface area contributed by atoms with E-state index in [2.05, 4.69) is 24.1 Å². The van der Waals surface area contributed by atoms with Crippen molar-refractivity contribution in [2.45, 2.75) is 39.2 Å². The van der Waals surface area contributed by atoms with Crippen molar-refractivity contribution in [2.75, 3.05) is 0 Å².